The van der Waals surface area contributed by atoms with E-state index in [1.165, 1.54) is 57.8 Å². The Labute approximate surface area is 411 Å². The molecule has 6 unspecified atom stereocenters. The Kier molecular flexibility index (Phi) is 41.1. The summed E-state index contributed by atoms with van der Waals surface area (Å²) in [4.78, 5) is 23.2. The Morgan fingerprint density at radius 3 is 1.32 bits per heavy atom. The molecule has 12 nitrogen and oxygen atoms in total. The van der Waals surface area contributed by atoms with E-state index in [9.17, 15) is 39.8 Å². The van der Waals surface area contributed by atoms with Gasteiger partial charge in [-0.2, -0.15) is 0 Å². The second kappa shape index (κ2) is 44.2. The zero-order valence-corrected chi connectivity index (χ0v) is 42.8. The van der Waals surface area contributed by atoms with Crippen LogP contribution in [0, 0.1) is 0 Å². The van der Waals surface area contributed by atoms with E-state index in [1.807, 2.05) is 0 Å². The SMILES string of the molecule is CC/C=C\C/C=C\C/C=C\C/C=C\C/C=C\CCCCCC(=O)OC(COCCCCCCCCC/C=C\C/C=C\C/C=C\CCCCCCC)COP(=O)(O)OC1C(O)C(O)C(O)C(O)C1O. The Morgan fingerprint density at radius 2 is 0.868 bits per heavy atom. The Hall–Kier alpha value is -2.74. The van der Waals surface area contributed by atoms with Crippen LogP contribution in [0.25, 0.3) is 0 Å². The molecule has 0 aromatic carbocycles. The van der Waals surface area contributed by atoms with Gasteiger partial charge in [0, 0.05) is 13.0 Å². The number of phosphoric acid groups is 1. The van der Waals surface area contributed by atoms with Gasteiger partial charge in [0.1, 0.15) is 42.7 Å². The molecule has 1 rings (SSSR count). The van der Waals surface area contributed by atoms with Crippen LogP contribution in [0.15, 0.2) is 97.2 Å². The van der Waals surface area contributed by atoms with E-state index >= 15 is 0 Å². The first kappa shape index (κ1) is 63.3. The third-order valence-electron chi connectivity index (χ3n) is 11.4. The molecule has 68 heavy (non-hydrogen) atoms. The molecule has 6 atom stereocenters. The highest BCUT2D eigenvalue weighted by atomic mass is 31.2. The van der Waals surface area contributed by atoms with Gasteiger partial charge in [-0.1, -0.05) is 175 Å². The van der Waals surface area contributed by atoms with Crippen LogP contribution in [0.3, 0.4) is 0 Å². The van der Waals surface area contributed by atoms with Crippen molar-refractivity contribution in [3.05, 3.63) is 97.2 Å². The quantitative estimate of drug-likeness (QED) is 0.0147. The smallest absolute Gasteiger partial charge is 0.457 e. The van der Waals surface area contributed by atoms with Gasteiger partial charge in [-0.25, -0.2) is 4.57 Å². The number of carbonyl (C=O) groups excluding carboxylic acids is 1. The Morgan fingerprint density at radius 1 is 0.485 bits per heavy atom. The maximum absolute atomic E-state index is 12.9. The fourth-order valence-electron chi connectivity index (χ4n) is 7.33. The van der Waals surface area contributed by atoms with Crippen LogP contribution in [0.4, 0.5) is 0 Å². The maximum Gasteiger partial charge on any atom is 0.472 e. The molecule has 390 valence electrons. The number of phosphoric ester groups is 1. The molecule has 0 aliphatic heterocycles. The normalized spacial score (nSPS) is 21.9. The molecule has 0 spiro atoms. The highest BCUT2D eigenvalue weighted by Crippen LogP contribution is 2.47. The molecule has 13 heteroatoms. The van der Waals surface area contributed by atoms with Crippen LogP contribution in [0.5, 0.6) is 0 Å². The van der Waals surface area contributed by atoms with Crippen LogP contribution >= 0.6 is 7.82 Å². The van der Waals surface area contributed by atoms with Crippen molar-refractivity contribution in [1.82, 2.24) is 0 Å². The van der Waals surface area contributed by atoms with E-state index in [4.69, 9.17) is 18.5 Å². The van der Waals surface area contributed by atoms with E-state index in [0.717, 1.165) is 96.3 Å². The molecule has 1 aliphatic carbocycles. The third-order valence-corrected chi connectivity index (χ3v) is 12.4. The number of unbranched alkanes of at least 4 members (excludes halogenated alkanes) is 15. The second-order valence-electron chi connectivity index (χ2n) is 17.6. The topological polar surface area (TPSA) is 192 Å². The minimum atomic E-state index is -5.04. The summed E-state index contributed by atoms with van der Waals surface area (Å²) in [5, 5.41) is 50.3. The van der Waals surface area contributed by atoms with Gasteiger partial charge in [0.25, 0.3) is 0 Å². The number of esters is 1. The van der Waals surface area contributed by atoms with Crippen molar-refractivity contribution in [2.75, 3.05) is 19.8 Å². The van der Waals surface area contributed by atoms with E-state index in [0.29, 0.717) is 13.0 Å². The molecule has 0 saturated heterocycles. The lowest BCUT2D eigenvalue weighted by molar-refractivity contribution is -0.220. The van der Waals surface area contributed by atoms with Crippen LogP contribution < -0.4 is 0 Å². The molecular formula is C55H93O12P. The van der Waals surface area contributed by atoms with E-state index in [-0.39, 0.29) is 13.0 Å². The molecule has 1 aliphatic rings. The minimum absolute atomic E-state index is 0.103. The van der Waals surface area contributed by atoms with Gasteiger partial charge in [-0.05, 0) is 96.3 Å². The molecular weight excluding hydrogens is 884 g/mol. The van der Waals surface area contributed by atoms with Gasteiger partial charge in [-0.3, -0.25) is 13.8 Å². The summed E-state index contributed by atoms with van der Waals surface area (Å²) in [6, 6.07) is 0. The Balaban J connectivity index is 2.39. The van der Waals surface area contributed by atoms with Crippen LogP contribution in [0.2, 0.25) is 0 Å². The summed E-state index contributed by atoms with van der Waals surface area (Å²) in [5.74, 6) is -0.515. The number of rotatable bonds is 43. The molecule has 1 fully saturated rings. The minimum Gasteiger partial charge on any atom is -0.457 e. The Bertz CT molecular complexity index is 1490. The molecule has 6 N–H and O–H groups in total. The van der Waals surface area contributed by atoms with Crippen LogP contribution in [-0.4, -0.2) is 98.9 Å². The van der Waals surface area contributed by atoms with Crippen molar-refractivity contribution in [1.29, 1.82) is 0 Å². The summed E-state index contributed by atoms with van der Waals surface area (Å²) in [5.41, 5.74) is 0. The average molecular weight is 977 g/mol. The highest BCUT2D eigenvalue weighted by molar-refractivity contribution is 7.47. The van der Waals surface area contributed by atoms with Crippen LogP contribution in [-0.2, 0) is 27.9 Å². The molecule has 0 aromatic rings. The molecule has 1 saturated carbocycles. The number of aliphatic hydroxyl groups excluding tert-OH is 5. The lowest BCUT2D eigenvalue weighted by atomic mass is 9.85. The summed E-state index contributed by atoms with van der Waals surface area (Å²) in [6.45, 7) is 4.07. The largest absolute Gasteiger partial charge is 0.472 e. The first-order chi connectivity index (χ1) is 33.0. The van der Waals surface area contributed by atoms with Crippen molar-refractivity contribution < 1.29 is 58.3 Å². The fourth-order valence-corrected chi connectivity index (χ4v) is 8.30. The van der Waals surface area contributed by atoms with Crippen LogP contribution in [0.1, 0.15) is 181 Å². The maximum atomic E-state index is 12.9. The van der Waals surface area contributed by atoms with Crippen molar-refractivity contribution in [2.24, 2.45) is 0 Å². The van der Waals surface area contributed by atoms with Gasteiger partial charge in [-0.15, -0.1) is 0 Å². The van der Waals surface area contributed by atoms with E-state index in [1.54, 1.807) is 0 Å². The lowest BCUT2D eigenvalue weighted by Crippen LogP contribution is -2.64. The molecule has 0 bridgehead atoms. The zero-order chi connectivity index (χ0) is 49.8. The summed E-state index contributed by atoms with van der Waals surface area (Å²) < 4.78 is 34.3. The second-order valence-corrected chi connectivity index (χ2v) is 19.0. The average Bonchev–Trinajstić information content (AvgIpc) is 3.32. The standard InChI is InChI=1S/C55H93O12P/c1-3-5-7-9-11-13-15-17-19-21-23-24-25-27-29-31-33-35-37-39-41-43-45-64-46-48(47-65-68(62,63)67-55-53(60)51(58)50(57)52(59)54(55)61)66-49(56)44-42-40-38-36-34-32-30-28-26-22-20-18-16-14-12-10-8-6-4-2/h6,8,12,14-15,17-18,20-21,23,25-28,32,34,48,50-55,57-61H,3-5,7,9-11,13,16,19,22,24,29-31,33,35-47H2,1-2H3,(H,62,63)/b8-6-,14-12-,17-15-,20-18-,23-21-,27-25-,28-26-,34-32-. The number of carbonyl (C=O) groups is 1. The monoisotopic (exact) mass is 977 g/mol. The predicted molar refractivity (Wildman–Crippen MR) is 276 cm³/mol. The lowest BCUT2D eigenvalue weighted by Gasteiger charge is -2.41. The zero-order valence-electron chi connectivity index (χ0n) is 41.9. The first-order valence-electron chi connectivity index (χ1n) is 26.1. The van der Waals surface area contributed by atoms with E-state index < -0.39 is 63.1 Å². The number of allylic oxidation sites excluding steroid dienone is 16. The van der Waals surface area contributed by atoms with Gasteiger partial charge >= 0.3 is 13.8 Å². The summed E-state index contributed by atoms with van der Waals surface area (Å²) in [6.07, 6.45) is 49.0. The summed E-state index contributed by atoms with van der Waals surface area (Å²) in [7, 11) is -5.04. The third kappa shape index (κ3) is 35.4. The predicted octanol–water partition coefficient (Wildman–Crippen LogP) is 11.9. The van der Waals surface area contributed by atoms with Crippen molar-refractivity contribution >= 4 is 13.8 Å². The number of ether oxygens (including phenoxy) is 2. The molecule has 0 aromatic heterocycles. The first-order valence-corrected chi connectivity index (χ1v) is 27.6. The molecule has 0 heterocycles. The van der Waals surface area contributed by atoms with Crippen molar-refractivity contribution in [3.63, 3.8) is 0 Å². The van der Waals surface area contributed by atoms with Gasteiger partial charge < -0.3 is 39.9 Å². The summed E-state index contributed by atoms with van der Waals surface area (Å²) >= 11 is 0. The number of aliphatic hydroxyl groups is 5. The van der Waals surface area contributed by atoms with E-state index in [2.05, 4.69) is 111 Å². The number of hydrogen-bond acceptors (Lipinski definition) is 11. The van der Waals surface area contributed by atoms with Crippen molar-refractivity contribution in [2.45, 2.75) is 224 Å². The number of hydrogen-bond donors (Lipinski definition) is 6. The van der Waals surface area contributed by atoms with Crippen molar-refractivity contribution in [3.8, 4) is 0 Å². The van der Waals surface area contributed by atoms with Gasteiger partial charge in [0.15, 0.2) is 0 Å². The molecule has 0 amide bonds. The van der Waals surface area contributed by atoms with Gasteiger partial charge in [0.05, 0.1) is 13.2 Å². The van der Waals surface area contributed by atoms with Gasteiger partial charge in [0.2, 0.25) is 0 Å². The highest BCUT2D eigenvalue weighted by Gasteiger charge is 2.51. The molecule has 0 radical (unpaired) electrons. The fraction of sp³-hybridized carbons (Fsp3) is 0.691.